The molecule has 0 unspecified atom stereocenters. The second kappa shape index (κ2) is 5.88. The van der Waals surface area contributed by atoms with Gasteiger partial charge in [-0.25, -0.2) is 0 Å². The van der Waals surface area contributed by atoms with Gasteiger partial charge in [0.1, 0.15) is 0 Å². The van der Waals surface area contributed by atoms with E-state index >= 15 is 0 Å². The molecule has 0 saturated carbocycles. The standard InChI is InChI=1S/C9H22O3SSi/c1-5-8-13(10,11)12-7-6-9-14(2,3)4/h5-9H2,1-4H3. The molecule has 3 nitrogen and oxygen atoms in total. The molecule has 0 saturated heterocycles. The molecule has 0 N–H and O–H groups in total. The summed E-state index contributed by atoms with van der Waals surface area (Å²) in [7, 11) is -4.28. The quantitative estimate of drug-likeness (QED) is 0.389. The molecule has 0 spiro atoms. The van der Waals surface area contributed by atoms with Crippen LogP contribution in [0.1, 0.15) is 19.8 Å². The van der Waals surface area contributed by atoms with Crippen LogP contribution in [0.25, 0.3) is 0 Å². The summed E-state index contributed by atoms with van der Waals surface area (Å²) < 4.78 is 27.1. The highest BCUT2D eigenvalue weighted by Crippen LogP contribution is 2.11. The van der Waals surface area contributed by atoms with Crippen LogP contribution in [0.5, 0.6) is 0 Å². The topological polar surface area (TPSA) is 43.4 Å². The molecule has 86 valence electrons. The molecule has 0 aromatic rings. The lowest BCUT2D eigenvalue weighted by Gasteiger charge is -2.14. The van der Waals surface area contributed by atoms with Gasteiger partial charge in [-0.05, 0) is 12.8 Å². The van der Waals surface area contributed by atoms with Gasteiger partial charge in [0.2, 0.25) is 0 Å². The Hall–Kier alpha value is 0.127. The van der Waals surface area contributed by atoms with Crippen molar-refractivity contribution in [1.82, 2.24) is 0 Å². The van der Waals surface area contributed by atoms with E-state index in [1.165, 1.54) is 0 Å². The number of hydrogen-bond donors (Lipinski definition) is 0. The average molecular weight is 238 g/mol. The van der Waals surface area contributed by atoms with E-state index in [1.807, 2.05) is 6.92 Å². The third kappa shape index (κ3) is 8.71. The normalized spacial score (nSPS) is 13.1. The van der Waals surface area contributed by atoms with Crippen molar-refractivity contribution in [2.45, 2.75) is 45.5 Å². The van der Waals surface area contributed by atoms with Crippen LogP contribution in [0.3, 0.4) is 0 Å². The molecule has 0 atom stereocenters. The molecule has 0 bridgehead atoms. The van der Waals surface area contributed by atoms with Crippen LogP contribution in [0, 0.1) is 0 Å². The SMILES string of the molecule is CCCS(=O)(=O)OCCC[Si](C)(C)C. The van der Waals surface area contributed by atoms with Crippen LogP contribution >= 0.6 is 0 Å². The van der Waals surface area contributed by atoms with Crippen LogP contribution in [-0.2, 0) is 14.3 Å². The van der Waals surface area contributed by atoms with Gasteiger partial charge in [-0.2, -0.15) is 8.42 Å². The second-order valence-corrected chi connectivity index (χ2v) is 12.1. The van der Waals surface area contributed by atoms with Gasteiger partial charge in [-0.15, -0.1) is 0 Å². The smallest absolute Gasteiger partial charge is 0.267 e. The first kappa shape index (κ1) is 14.1. The van der Waals surface area contributed by atoms with Crippen LogP contribution in [0.2, 0.25) is 25.7 Å². The van der Waals surface area contributed by atoms with E-state index in [4.69, 9.17) is 4.18 Å². The van der Waals surface area contributed by atoms with Gasteiger partial charge in [0.15, 0.2) is 0 Å². The van der Waals surface area contributed by atoms with Crippen molar-refractivity contribution >= 4 is 18.2 Å². The highest BCUT2D eigenvalue weighted by Gasteiger charge is 2.14. The summed E-state index contributed by atoms with van der Waals surface area (Å²) in [6.45, 7) is 9.00. The van der Waals surface area contributed by atoms with Gasteiger partial charge in [0, 0.05) is 8.07 Å². The second-order valence-electron chi connectivity index (χ2n) is 4.75. The van der Waals surface area contributed by atoms with Crippen molar-refractivity contribution in [3.8, 4) is 0 Å². The predicted molar refractivity (Wildman–Crippen MR) is 62.8 cm³/mol. The zero-order valence-electron chi connectivity index (χ0n) is 9.67. The fraction of sp³-hybridized carbons (Fsp3) is 1.00. The Kier molecular flexibility index (Phi) is 5.93. The number of rotatable bonds is 7. The zero-order valence-corrected chi connectivity index (χ0v) is 11.5. The molecule has 0 fully saturated rings. The fourth-order valence-electron chi connectivity index (χ4n) is 1.10. The van der Waals surface area contributed by atoms with Gasteiger partial charge in [-0.1, -0.05) is 32.6 Å². The Morgan fingerprint density at radius 1 is 1.21 bits per heavy atom. The molecule has 0 heterocycles. The first-order chi connectivity index (χ1) is 6.27. The minimum absolute atomic E-state index is 0.139. The zero-order chi connectivity index (χ0) is 11.2. The summed E-state index contributed by atoms with van der Waals surface area (Å²) in [5.41, 5.74) is 0. The highest BCUT2D eigenvalue weighted by molar-refractivity contribution is 7.86. The van der Waals surface area contributed by atoms with E-state index in [2.05, 4.69) is 19.6 Å². The van der Waals surface area contributed by atoms with Crippen molar-refractivity contribution in [2.24, 2.45) is 0 Å². The van der Waals surface area contributed by atoms with Gasteiger partial charge in [0.25, 0.3) is 10.1 Å². The van der Waals surface area contributed by atoms with Crippen molar-refractivity contribution in [3.05, 3.63) is 0 Å². The molecule has 0 rings (SSSR count). The van der Waals surface area contributed by atoms with Gasteiger partial charge < -0.3 is 0 Å². The molecular formula is C9H22O3SSi. The van der Waals surface area contributed by atoms with Crippen LogP contribution in [0.4, 0.5) is 0 Å². The van der Waals surface area contributed by atoms with Crippen LogP contribution in [0.15, 0.2) is 0 Å². The molecule has 0 amide bonds. The predicted octanol–water partition coefficient (Wildman–Crippen LogP) is 2.47. The van der Waals surface area contributed by atoms with Gasteiger partial charge >= 0.3 is 0 Å². The van der Waals surface area contributed by atoms with E-state index in [0.29, 0.717) is 13.0 Å². The Morgan fingerprint density at radius 3 is 2.21 bits per heavy atom. The molecule has 14 heavy (non-hydrogen) atoms. The molecule has 0 aromatic heterocycles. The maximum absolute atomic E-state index is 11.1. The highest BCUT2D eigenvalue weighted by atomic mass is 32.2. The Morgan fingerprint density at radius 2 is 1.79 bits per heavy atom. The molecule has 0 radical (unpaired) electrons. The van der Waals surface area contributed by atoms with Gasteiger partial charge in [0.05, 0.1) is 12.4 Å². The molecule has 5 heteroatoms. The monoisotopic (exact) mass is 238 g/mol. The van der Waals surface area contributed by atoms with Crippen molar-refractivity contribution in [2.75, 3.05) is 12.4 Å². The lowest BCUT2D eigenvalue weighted by atomic mass is 10.5. The summed E-state index contributed by atoms with van der Waals surface area (Å²) in [6.07, 6.45) is 1.48. The lowest BCUT2D eigenvalue weighted by molar-refractivity contribution is 0.317. The number of hydrogen-bond acceptors (Lipinski definition) is 3. The average Bonchev–Trinajstić information content (AvgIpc) is 1.96. The maximum atomic E-state index is 11.1. The first-order valence-corrected chi connectivity index (χ1v) is 10.4. The van der Waals surface area contributed by atoms with E-state index in [-0.39, 0.29) is 5.75 Å². The van der Waals surface area contributed by atoms with Crippen molar-refractivity contribution < 1.29 is 12.6 Å². The summed E-state index contributed by atoms with van der Waals surface area (Å²) in [4.78, 5) is 0. The maximum Gasteiger partial charge on any atom is 0.267 e. The largest absolute Gasteiger partial charge is 0.270 e. The Balaban J connectivity index is 3.65. The molecular weight excluding hydrogens is 216 g/mol. The molecule has 0 aliphatic carbocycles. The molecule has 0 aliphatic rings. The van der Waals surface area contributed by atoms with E-state index in [9.17, 15) is 8.42 Å². The molecule has 0 aliphatic heterocycles. The van der Waals surface area contributed by atoms with Crippen molar-refractivity contribution in [1.29, 1.82) is 0 Å². The van der Waals surface area contributed by atoms with E-state index < -0.39 is 18.2 Å². The van der Waals surface area contributed by atoms with Gasteiger partial charge in [-0.3, -0.25) is 4.18 Å². The lowest BCUT2D eigenvalue weighted by Crippen LogP contribution is -2.20. The van der Waals surface area contributed by atoms with E-state index in [1.54, 1.807) is 0 Å². The van der Waals surface area contributed by atoms with Crippen molar-refractivity contribution in [3.63, 3.8) is 0 Å². The minimum Gasteiger partial charge on any atom is -0.270 e. The van der Waals surface area contributed by atoms with E-state index in [0.717, 1.165) is 12.5 Å². The summed E-state index contributed by atoms with van der Waals surface area (Å²) in [6, 6.07) is 1.12. The van der Waals surface area contributed by atoms with Crippen LogP contribution in [-0.4, -0.2) is 28.9 Å². The molecule has 0 aromatic carbocycles. The van der Waals surface area contributed by atoms with Crippen LogP contribution < -0.4 is 0 Å². The third-order valence-electron chi connectivity index (χ3n) is 1.79. The fourth-order valence-corrected chi connectivity index (χ4v) is 3.29. The first-order valence-electron chi connectivity index (χ1n) is 5.14. The minimum atomic E-state index is -3.23. The third-order valence-corrected chi connectivity index (χ3v) is 5.08. The summed E-state index contributed by atoms with van der Waals surface area (Å²) >= 11 is 0. The Labute approximate surface area is 89.0 Å². The Bertz CT molecular complexity index is 241. The summed E-state index contributed by atoms with van der Waals surface area (Å²) in [5.74, 6) is 0.139. The summed E-state index contributed by atoms with van der Waals surface area (Å²) in [5, 5.41) is 0.